The highest BCUT2D eigenvalue weighted by molar-refractivity contribution is 5.86. The molecular weight excluding hydrogens is 218 g/mol. The van der Waals surface area contributed by atoms with Crippen molar-refractivity contribution in [1.29, 1.82) is 0 Å². The van der Waals surface area contributed by atoms with Crippen molar-refractivity contribution in [3.8, 4) is 0 Å². The molecule has 1 unspecified atom stereocenters. The van der Waals surface area contributed by atoms with E-state index in [4.69, 9.17) is 5.73 Å². The number of hydrogen-bond donors (Lipinski definition) is 1. The smallest absolute Gasteiger partial charge is 0.242 e. The molecule has 98 valence electrons. The highest BCUT2D eigenvalue weighted by atomic mass is 16.2. The van der Waals surface area contributed by atoms with Crippen molar-refractivity contribution in [1.82, 2.24) is 9.80 Å². The monoisotopic (exact) mass is 241 g/mol. The SMILES string of the molecule is CCCC(C)(N)C(=O)N1CCN(C(C)=O)CC1. The van der Waals surface area contributed by atoms with Crippen molar-refractivity contribution in [3.63, 3.8) is 0 Å². The highest BCUT2D eigenvalue weighted by Gasteiger charge is 2.33. The zero-order chi connectivity index (χ0) is 13.1. The number of carbonyl (C=O) groups excluding carboxylic acids is 2. The third-order valence-electron chi connectivity index (χ3n) is 3.27. The molecule has 17 heavy (non-hydrogen) atoms. The van der Waals surface area contributed by atoms with Gasteiger partial charge in [0.1, 0.15) is 0 Å². The van der Waals surface area contributed by atoms with E-state index < -0.39 is 5.54 Å². The van der Waals surface area contributed by atoms with Crippen LogP contribution in [0, 0.1) is 0 Å². The van der Waals surface area contributed by atoms with Crippen LogP contribution >= 0.6 is 0 Å². The third-order valence-corrected chi connectivity index (χ3v) is 3.27. The van der Waals surface area contributed by atoms with Gasteiger partial charge < -0.3 is 15.5 Å². The predicted octanol–water partition coefficient (Wildman–Crippen LogP) is 0.195. The third kappa shape index (κ3) is 3.43. The van der Waals surface area contributed by atoms with Crippen molar-refractivity contribution in [2.45, 2.75) is 39.2 Å². The molecule has 1 atom stereocenters. The molecule has 0 aromatic carbocycles. The van der Waals surface area contributed by atoms with Crippen molar-refractivity contribution in [2.75, 3.05) is 26.2 Å². The number of nitrogens with zero attached hydrogens (tertiary/aromatic N) is 2. The molecule has 1 fully saturated rings. The molecular formula is C12H23N3O2. The normalized spacial score (nSPS) is 20.0. The fourth-order valence-electron chi connectivity index (χ4n) is 2.21. The van der Waals surface area contributed by atoms with Crippen LogP contribution in [0.3, 0.4) is 0 Å². The average molecular weight is 241 g/mol. The van der Waals surface area contributed by atoms with E-state index in [1.54, 1.807) is 23.6 Å². The number of rotatable bonds is 3. The lowest BCUT2D eigenvalue weighted by atomic mass is 9.95. The summed E-state index contributed by atoms with van der Waals surface area (Å²) in [5.41, 5.74) is 5.25. The standard InChI is InChI=1S/C12H23N3O2/c1-4-5-12(3,13)11(17)15-8-6-14(7-9-15)10(2)16/h4-9,13H2,1-3H3. The van der Waals surface area contributed by atoms with Gasteiger partial charge in [-0.15, -0.1) is 0 Å². The molecule has 1 rings (SSSR count). The number of piperazine rings is 1. The Labute approximate surface area is 103 Å². The fourth-order valence-corrected chi connectivity index (χ4v) is 2.21. The summed E-state index contributed by atoms with van der Waals surface area (Å²) < 4.78 is 0. The summed E-state index contributed by atoms with van der Waals surface area (Å²) in [7, 11) is 0. The zero-order valence-corrected chi connectivity index (χ0v) is 11.0. The van der Waals surface area contributed by atoms with Crippen molar-refractivity contribution in [3.05, 3.63) is 0 Å². The Morgan fingerprint density at radius 3 is 2.06 bits per heavy atom. The van der Waals surface area contributed by atoms with Gasteiger partial charge in [-0.25, -0.2) is 0 Å². The summed E-state index contributed by atoms with van der Waals surface area (Å²) in [6.07, 6.45) is 1.59. The second-order valence-electron chi connectivity index (χ2n) is 4.97. The molecule has 1 heterocycles. The van der Waals surface area contributed by atoms with E-state index in [-0.39, 0.29) is 11.8 Å². The minimum absolute atomic E-state index is 0.00236. The molecule has 2 N–H and O–H groups in total. The van der Waals surface area contributed by atoms with Crippen LogP contribution in [0.2, 0.25) is 0 Å². The Morgan fingerprint density at radius 2 is 1.65 bits per heavy atom. The lowest BCUT2D eigenvalue weighted by Crippen LogP contribution is -2.58. The summed E-state index contributed by atoms with van der Waals surface area (Å²) in [6, 6.07) is 0. The van der Waals surface area contributed by atoms with Crippen LogP contribution in [0.15, 0.2) is 0 Å². The predicted molar refractivity (Wildman–Crippen MR) is 66.3 cm³/mol. The van der Waals surface area contributed by atoms with Crippen LogP contribution in [0.25, 0.3) is 0 Å². The lowest BCUT2D eigenvalue weighted by molar-refractivity contribution is -0.142. The second-order valence-corrected chi connectivity index (χ2v) is 4.97. The van der Waals surface area contributed by atoms with E-state index in [9.17, 15) is 9.59 Å². The van der Waals surface area contributed by atoms with E-state index in [0.717, 1.165) is 6.42 Å². The van der Waals surface area contributed by atoms with E-state index in [1.165, 1.54) is 0 Å². The summed E-state index contributed by atoms with van der Waals surface area (Å²) in [4.78, 5) is 26.9. The number of carbonyl (C=O) groups is 2. The average Bonchev–Trinajstić information content (AvgIpc) is 2.28. The van der Waals surface area contributed by atoms with Gasteiger partial charge in [0.15, 0.2) is 0 Å². The number of amides is 2. The van der Waals surface area contributed by atoms with Gasteiger partial charge in [-0.05, 0) is 13.3 Å². The molecule has 5 nitrogen and oxygen atoms in total. The molecule has 1 aliphatic rings. The summed E-state index contributed by atoms with van der Waals surface area (Å²) in [6.45, 7) is 7.78. The molecule has 0 spiro atoms. The van der Waals surface area contributed by atoms with Gasteiger partial charge in [0.25, 0.3) is 0 Å². The molecule has 2 amide bonds. The van der Waals surface area contributed by atoms with E-state index in [2.05, 4.69) is 0 Å². The quantitative estimate of drug-likeness (QED) is 0.767. The first-order valence-corrected chi connectivity index (χ1v) is 6.22. The zero-order valence-electron chi connectivity index (χ0n) is 11.0. The summed E-state index contributed by atoms with van der Waals surface area (Å²) in [5.74, 6) is 0.0729. The minimum atomic E-state index is -0.771. The van der Waals surface area contributed by atoms with Crippen LogP contribution in [0.1, 0.15) is 33.6 Å². The van der Waals surface area contributed by atoms with E-state index >= 15 is 0 Å². The maximum atomic E-state index is 12.2. The lowest BCUT2D eigenvalue weighted by Gasteiger charge is -2.38. The molecule has 0 aromatic heterocycles. The Balaban J connectivity index is 2.54. The van der Waals surface area contributed by atoms with Gasteiger partial charge >= 0.3 is 0 Å². The van der Waals surface area contributed by atoms with E-state index in [1.807, 2.05) is 6.92 Å². The molecule has 0 aliphatic carbocycles. The maximum Gasteiger partial charge on any atom is 0.242 e. The highest BCUT2D eigenvalue weighted by Crippen LogP contribution is 2.14. The second kappa shape index (κ2) is 5.49. The van der Waals surface area contributed by atoms with Crippen LogP contribution < -0.4 is 5.73 Å². The molecule has 0 bridgehead atoms. The molecule has 0 radical (unpaired) electrons. The van der Waals surface area contributed by atoms with Crippen LogP contribution in [0.5, 0.6) is 0 Å². The van der Waals surface area contributed by atoms with Crippen LogP contribution in [-0.2, 0) is 9.59 Å². The van der Waals surface area contributed by atoms with Crippen molar-refractivity contribution in [2.24, 2.45) is 5.73 Å². The topological polar surface area (TPSA) is 66.6 Å². The van der Waals surface area contributed by atoms with Gasteiger partial charge in [-0.1, -0.05) is 13.3 Å². The molecule has 1 aliphatic heterocycles. The van der Waals surface area contributed by atoms with Crippen LogP contribution in [-0.4, -0.2) is 53.3 Å². The Bertz CT molecular complexity index is 294. The summed E-state index contributed by atoms with van der Waals surface area (Å²) >= 11 is 0. The van der Waals surface area contributed by atoms with Crippen LogP contribution in [0.4, 0.5) is 0 Å². The van der Waals surface area contributed by atoms with Crippen molar-refractivity contribution >= 4 is 11.8 Å². The maximum absolute atomic E-state index is 12.2. The Kier molecular flexibility index (Phi) is 4.51. The van der Waals surface area contributed by atoms with Gasteiger partial charge in [0.2, 0.25) is 11.8 Å². The Morgan fingerprint density at radius 1 is 1.18 bits per heavy atom. The first kappa shape index (κ1) is 14.0. The van der Waals surface area contributed by atoms with Gasteiger partial charge in [0.05, 0.1) is 5.54 Å². The minimum Gasteiger partial charge on any atom is -0.339 e. The largest absolute Gasteiger partial charge is 0.339 e. The molecule has 1 saturated heterocycles. The number of hydrogen-bond acceptors (Lipinski definition) is 3. The first-order chi connectivity index (χ1) is 7.88. The fraction of sp³-hybridized carbons (Fsp3) is 0.833. The molecule has 0 aromatic rings. The van der Waals surface area contributed by atoms with Gasteiger partial charge in [-0.3, -0.25) is 9.59 Å². The molecule has 5 heteroatoms. The molecule has 0 saturated carbocycles. The van der Waals surface area contributed by atoms with Crippen molar-refractivity contribution < 1.29 is 9.59 Å². The number of nitrogens with two attached hydrogens (primary N) is 1. The Hall–Kier alpha value is -1.10. The summed E-state index contributed by atoms with van der Waals surface area (Å²) in [5, 5.41) is 0. The van der Waals surface area contributed by atoms with Gasteiger partial charge in [0, 0.05) is 33.1 Å². The van der Waals surface area contributed by atoms with E-state index in [0.29, 0.717) is 32.6 Å². The first-order valence-electron chi connectivity index (χ1n) is 6.22. The van der Waals surface area contributed by atoms with Gasteiger partial charge in [-0.2, -0.15) is 0 Å².